The molecule has 6 heteroatoms. The zero-order valence-corrected chi connectivity index (χ0v) is 15.4. The number of guanidine groups is 1. The zero-order valence-electron chi connectivity index (χ0n) is 14.6. The van der Waals surface area contributed by atoms with Gasteiger partial charge in [-0.25, -0.2) is 14.4 Å². The fourth-order valence-corrected chi connectivity index (χ4v) is 3.20. The van der Waals surface area contributed by atoms with Crippen LogP contribution in [-0.2, 0) is 13.1 Å². The molecule has 0 aliphatic rings. The summed E-state index contributed by atoms with van der Waals surface area (Å²) < 4.78 is 13.0. The Morgan fingerprint density at radius 2 is 1.85 bits per heavy atom. The van der Waals surface area contributed by atoms with Crippen LogP contribution in [0.1, 0.15) is 18.2 Å². The maximum absolute atomic E-state index is 13.0. The van der Waals surface area contributed by atoms with E-state index in [0.29, 0.717) is 19.0 Å². The molecule has 0 saturated heterocycles. The van der Waals surface area contributed by atoms with Crippen LogP contribution in [0.3, 0.4) is 0 Å². The first-order chi connectivity index (χ1) is 12.7. The third kappa shape index (κ3) is 5.13. The number of benzene rings is 2. The summed E-state index contributed by atoms with van der Waals surface area (Å²) in [6.07, 6.45) is 0. The smallest absolute Gasteiger partial charge is 0.191 e. The van der Waals surface area contributed by atoms with Crippen molar-refractivity contribution < 1.29 is 4.39 Å². The van der Waals surface area contributed by atoms with E-state index in [1.807, 2.05) is 25.1 Å². The number of thiazole rings is 1. The fourth-order valence-electron chi connectivity index (χ4n) is 2.38. The SMILES string of the molecule is CCNC(=NCc1ccc(F)cc1)NCc1csc(-c2ccccc2)n1. The molecule has 0 saturated carbocycles. The fraction of sp³-hybridized carbons (Fsp3) is 0.200. The second kappa shape index (κ2) is 9.10. The first-order valence-electron chi connectivity index (χ1n) is 8.51. The van der Waals surface area contributed by atoms with Gasteiger partial charge in [-0.1, -0.05) is 42.5 Å². The number of aliphatic imine (C=N–C) groups is 1. The van der Waals surface area contributed by atoms with Crippen molar-refractivity contribution in [3.05, 3.63) is 77.1 Å². The minimum atomic E-state index is -0.236. The van der Waals surface area contributed by atoms with Gasteiger partial charge >= 0.3 is 0 Å². The normalized spacial score (nSPS) is 11.4. The molecule has 0 bridgehead atoms. The number of halogens is 1. The Bertz CT molecular complexity index is 844. The first kappa shape index (κ1) is 18.1. The van der Waals surface area contributed by atoms with E-state index in [4.69, 9.17) is 0 Å². The molecule has 1 heterocycles. The molecule has 134 valence electrons. The molecule has 0 aliphatic carbocycles. The van der Waals surface area contributed by atoms with E-state index in [-0.39, 0.29) is 5.82 Å². The molecule has 2 N–H and O–H groups in total. The van der Waals surface area contributed by atoms with Gasteiger partial charge in [-0.3, -0.25) is 0 Å². The Hall–Kier alpha value is -2.73. The predicted molar refractivity (Wildman–Crippen MR) is 106 cm³/mol. The van der Waals surface area contributed by atoms with E-state index in [9.17, 15) is 4.39 Å². The standard InChI is InChI=1S/C20H21FN4S/c1-2-22-20(23-12-15-8-10-17(21)11-9-15)24-13-18-14-26-19(25-18)16-6-4-3-5-7-16/h3-11,14H,2,12-13H2,1H3,(H2,22,23,24). The van der Waals surface area contributed by atoms with Crippen LogP contribution in [0.2, 0.25) is 0 Å². The second-order valence-corrected chi connectivity index (χ2v) is 6.54. The van der Waals surface area contributed by atoms with Crippen molar-refractivity contribution in [2.24, 2.45) is 4.99 Å². The van der Waals surface area contributed by atoms with E-state index in [0.717, 1.165) is 28.4 Å². The molecule has 3 aromatic rings. The molecular weight excluding hydrogens is 347 g/mol. The molecular formula is C20H21FN4S. The van der Waals surface area contributed by atoms with E-state index in [2.05, 4.69) is 38.1 Å². The van der Waals surface area contributed by atoms with Gasteiger partial charge in [0, 0.05) is 17.5 Å². The zero-order chi connectivity index (χ0) is 18.2. The Morgan fingerprint density at radius 1 is 1.08 bits per heavy atom. The van der Waals surface area contributed by atoms with Crippen LogP contribution < -0.4 is 10.6 Å². The third-order valence-corrected chi connectivity index (χ3v) is 4.63. The number of rotatable bonds is 6. The maximum atomic E-state index is 13.0. The van der Waals surface area contributed by atoms with Crippen LogP contribution in [0.5, 0.6) is 0 Å². The summed E-state index contributed by atoms with van der Waals surface area (Å²) in [7, 11) is 0. The van der Waals surface area contributed by atoms with Gasteiger partial charge in [0.25, 0.3) is 0 Å². The minimum Gasteiger partial charge on any atom is -0.357 e. The number of hydrogen-bond acceptors (Lipinski definition) is 3. The molecule has 0 amide bonds. The molecule has 0 atom stereocenters. The molecule has 0 unspecified atom stereocenters. The molecule has 1 aromatic heterocycles. The summed E-state index contributed by atoms with van der Waals surface area (Å²) in [6.45, 7) is 3.87. The van der Waals surface area contributed by atoms with Gasteiger partial charge in [-0.15, -0.1) is 11.3 Å². The Morgan fingerprint density at radius 3 is 2.58 bits per heavy atom. The van der Waals surface area contributed by atoms with E-state index >= 15 is 0 Å². The number of hydrogen-bond donors (Lipinski definition) is 2. The summed E-state index contributed by atoms with van der Waals surface area (Å²) in [5.41, 5.74) is 3.06. The molecule has 0 fully saturated rings. The summed E-state index contributed by atoms with van der Waals surface area (Å²) >= 11 is 1.63. The van der Waals surface area contributed by atoms with Crippen molar-refractivity contribution in [3.8, 4) is 10.6 Å². The molecule has 2 aromatic carbocycles. The van der Waals surface area contributed by atoms with Crippen molar-refractivity contribution in [1.82, 2.24) is 15.6 Å². The summed E-state index contributed by atoms with van der Waals surface area (Å²) in [5, 5.41) is 9.57. The highest BCUT2D eigenvalue weighted by Gasteiger charge is 2.05. The minimum absolute atomic E-state index is 0.236. The van der Waals surface area contributed by atoms with Gasteiger partial charge in [0.2, 0.25) is 0 Å². The van der Waals surface area contributed by atoms with Crippen molar-refractivity contribution in [2.75, 3.05) is 6.54 Å². The van der Waals surface area contributed by atoms with Gasteiger partial charge < -0.3 is 10.6 Å². The summed E-state index contributed by atoms with van der Waals surface area (Å²) in [4.78, 5) is 9.21. The highest BCUT2D eigenvalue weighted by molar-refractivity contribution is 7.13. The van der Waals surface area contributed by atoms with Crippen LogP contribution in [0.25, 0.3) is 10.6 Å². The highest BCUT2D eigenvalue weighted by Crippen LogP contribution is 2.23. The van der Waals surface area contributed by atoms with Gasteiger partial charge in [0.05, 0.1) is 18.8 Å². The average Bonchev–Trinajstić information content (AvgIpc) is 3.15. The molecule has 0 aliphatic heterocycles. The molecule has 3 rings (SSSR count). The summed E-state index contributed by atoms with van der Waals surface area (Å²) in [6, 6.07) is 16.5. The van der Waals surface area contributed by atoms with Gasteiger partial charge in [0.1, 0.15) is 10.8 Å². The Labute approximate surface area is 156 Å². The lowest BCUT2D eigenvalue weighted by Crippen LogP contribution is -2.36. The Balaban J connectivity index is 1.61. The Kier molecular flexibility index (Phi) is 6.33. The second-order valence-electron chi connectivity index (χ2n) is 5.69. The van der Waals surface area contributed by atoms with Crippen LogP contribution in [0.4, 0.5) is 4.39 Å². The lowest BCUT2D eigenvalue weighted by atomic mass is 10.2. The van der Waals surface area contributed by atoms with Gasteiger partial charge in [-0.05, 0) is 24.6 Å². The van der Waals surface area contributed by atoms with Crippen molar-refractivity contribution >= 4 is 17.3 Å². The molecule has 26 heavy (non-hydrogen) atoms. The van der Waals surface area contributed by atoms with Crippen molar-refractivity contribution in [1.29, 1.82) is 0 Å². The first-order valence-corrected chi connectivity index (χ1v) is 9.39. The van der Waals surface area contributed by atoms with E-state index in [1.165, 1.54) is 12.1 Å². The van der Waals surface area contributed by atoms with Crippen LogP contribution in [0.15, 0.2) is 65.0 Å². The number of aromatic nitrogens is 1. The quantitative estimate of drug-likeness (QED) is 0.506. The van der Waals surface area contributed by atoms with Crippen molar-refractivity contribution in [3.63, 3.8) is 0 Å². The van der Waals surface area contributed by atoms with Gasteiger partial charge in [-0.2, -0.15) is 0 Å². The third-order valence-electron chi connectivity index (χ3n) is 3.69. The topological polar surface area (TPSA) is 49.3 Å². The molecule has 0 radical (unpaired) electrons. The predicted octanol–water partition coefficient (Wildman–Crippen LogP) is 4.20. The number of nitrogens with zero attached hydrogens (tertiary/aromatic N) is 2. The van der Waals surface area contributed by atoms with Crippen LogP contribution in [0, 0.1) is 5.82 Å². The van der Waals surface area contributed by atoms with Crippen LogP contribution in [-0.4, -0.2) is 17.5 Å². The molecule has 4 nitrogen and oxygen atoms in total. The average molecular weight is 368 g/mol. The lowest BCUT2D eigenvalue weighted by molar-refractivity contribution is 0.627. The van der Waals surface area contributed by atoms with Crippen LogP contribution >= 0.6 is 11.3 Å². The maximum Gasteiger partial charge on any atom is 0.191 e. The van der Waals surface area contributed by atoms with Crippen molar-refractivity contribution in [2.45, 2.75) is 20.0 Å². The van der Waals surface area contributed by atoms with E-state index < -0.39 is 0 Å². The summed E-state index contributed by atoms with van der Waals surface area (Å²) in [5.74, 6) is 0.478. The molecule has 0 spiro atoms. The van der Waals surface area contributed by atoms with E-state index in [1.54, 1.807) is 23.5 Å². The number of nitrogens with one attached hydrogen (secondary N) is 2. The highest BCUT2D eigenvalue weighted by atomic mass is 32.1. The van der Waals surface area contributed by atoms with Gasteiger partial charge in [0.15, 0.2) is 5.96 Å². The lowest BCUT2D eigenvalue weighted by Gasteiger charge is -2.10. The largest absolute Gasteiger partial charge is 0.357 e. The monoisotopic (exact) mass is 368 g/mol.